The number of aryl methyl sites for hydroxylation is 1. The molecule has 1 saturated carbocycles. The number of piperidine rings is 1. The Kier molecular flexibility index (Phi) is 6.16. The van der Waals surface area contributed by atoms with Gasteiger partial charge in [0.15, 0.2) is 0 Å². The van der Waals surface area contributed by atoms with Crippen LogP contribution in [0.3, 0.4) is 0 Å². The minimum Gasteiger partial charge on any atom is -0.356 e. The summed E-state index contributed by atoms with van der Waals surface area (Å²) in [7, 11) is 1.85. The van der Waals surface area contributed by atoms with E-state index in [1.807, 2.05) is 37.6 Å². The molecule has 1 aliphatic heterocycles. The summed E-state index contributed by atoms with van der Waals surface area (Å²) >= 11 is 0. The number of nitriles is 1. The zero-order valence-electron chi connectivity index (χ0n) is 22.8. The first-order valence-corrected chi connectivity index (χ1v) is 13.6. The van der Waals surface area contributed by atoms with Crippen molar-refractivity contribution in [3.63, 3.8) is 0 Å². The van der Waals surface area contributed by atoms with Crippen LogP contribution in [0, 0.1) is 29.1 Å². The fourth-order valence-electron chi connectivity index (χ4n) is 6.06. The van der Waals surface area contributed by atoms with Crippen LogP contribution >= 0.6 is 0 Å². The van der Waals surface area contributed by atoms with Crippen molar-refractivity contribution in [2.45, 2.75) is 6.18 Å². The highest BCUT2D eigenvalue weighted by atomic mass is 19.4. The number of pyridine rings is 3. The van der Waals surface area contributed by atoms with E-state index in [2.05, 4.69) is 31.5 Å². The standard InChI is InChI=1S/C30H24F3N9O/c1-40-13-21(11-38-40)19-6-22(28-20(8-34)10-39-42(28)14-19)18-2-3-27(36-9-18)41-15-24-23(25(24)16-41)12-37-29(43)17-4-5-35-26(7-17)30(31,32)33/h2-7,9-11,13-14,23-25H,12,15-16H2,1H3,(H,37,43). The van der Waals surface area contributed by atoms with Crippen LogP contribution < -0.4 is 10.2 Å². The van der Waals surface area contributed by atoms with Gasteiger partial charge in [-0.15, -0.1) is 0 Å². The van der Waals surface area contributed by atoms with E-state index in [1.165, 1.54) is 6.07 Å². The second kappa shape index (κ2) is 9.94. The molecule has 2 aliphatic rings. The highest BCUT2D eigenvalue weighted by Gasteiger charge is 2.55. The number of aromatic nitrogens is 6. The molecule has 2 unspecified atom stereocenters. The normalized spacial score (nSPS) is 19.3. The predicted molar refractivity (Wildman–Crippen MR) is 150 cm³/mol. The molecule has 216 valence electrons. The summed E-state index contributed by atoms with van der Waals surface area (Å²) < 4.78 is 42.2. The molecule has 0 radical (unpaired) electrons. The van der Waals surface area contributed by atoms with E-state index < -0.39 is 17.8 Å². The second-order valence-electron chi connectivity index (χ2n) is 10.9. The van der Waals surface area contributed by atoms with Gasteiger partial charge in [0.1, 0.15) is 17.6 Å². The SMILES string of the molecule is Cn1cc(-c2cc(-c3ccc(N4CC5C(CNC(=O)c6ccnc(C(F)(F)F)c6)C5C4)nc3)c3c(C#N)cnn3c2)cn1. The molecule has 5 aromatic heterocycles. The molecule has 0 spiro atoms. The van der Waals surface area contributed by atoms with Crippen LogP contribution in [-0.4, -0.2) is 54.9 Å². The number of halogens is 3. The summed E-state index contributed by atoms with van der Waals surface area (Å²) in [6, 6.07) is 10.3. The van der Waals surface area contributed by atoms with Crippen LogP contribution in [0.25, 0.3) is 27.8 Å². The molecule has 10 nitrogen and oxygen atoms in total. The number of fused-ring (bicyclic) bond motifs is 2. The molecule has 43 heavy (non-hydrogen) atoms. The highest BCUT2D eigenvalue weighted by Crippen LogP contribution is 2.52. The van der Waals surface area contributed by atoms with Gasteiger partial charge < -0.3 is 10.2 Å². The van der Waals surface area contributed by atoms with Crippen LogP contribution in [-0.2, 0) is 13.2 Å². The van der Waals surface area contributed by atoms with Gasteiger partial charge in [-0.1, -0.05) is 0 Å². The molecule has 0 bridgehead atoms. The lowest BCUT2D eigenvalue weighted by atomic mass is 10.0. The van der Waals surface area contributed by atoms with Gasteiger partial charge >= 0.3 is 6.18 Å². The van der Waals surface area contributed by atoms with Crippen molar-refractivity contribution in [1.29, 1.82) is 5.26 Å². The molecule has 13 heteroatoms. The molecule has 2 atom stereocenters. The Balaban J connectivity index is 1.03. The molecular weight excluding hydrogens is 559 g/mol. The van der Waals surface area contributed by atoms with Gasteiger partial charge in [0, 0.05) is 79.3 Å². The number of carbonyl (C=O) groups excluding carboxylic acids is 1. The van der Waals surface area contributed by atoms with Crippen LogP contribution in [0.5, 0.6) is 0 Å². The third-order valence-corrected chi connectivity index (χ3v) is 8.34. The van der Waals surface area contributed by atoms with Crippen molar-refractivity contribution < 1.29 is 18.0 Å². The number of carbonyl (C=O) groups is 1. The van der Waals surface area contributed by atoms with Gasteiger partial charge in [0.05, 0.1) is 23.5 Å². The summed E-state index contributed by atoms with van der Waals surface area (Å²) in [5, 5.41) is 21.1. The average molecular weight is 584 g/mol. The number of hydrogen-bond donors (Lipinski definition) is 1. The molecular formula is C30H24F3N9O. The molecule has 7 rings (SSSR count). The van der Waals surface area contributed by atoms with Crippen LogP contribution in [0.2, 0.25) is 0 Å². The maximum absolute atomic E-state index is 12.9. The number of anilines is 1. The topological polar surface area (TPSA) is 117 Å². The quantitative estimate of drug-likeness (QED) is 0.319. The maximum Gasteiger partial charge on any atom is 0.433 e. The summed E-state index contributed by atoms with van der Waals surface area (Å²) in [6.45, 7) is 1.98. The number of rotatable bonds is 6. The first-order valence-electron chi connectivity index (χ1n) is 13.6. The number of alkyl halides is 3. The zero-order valence-corrected chi connectivity index (χ0v) is 22.8. The van der Waals surface area contributed by atoms with Gasteiger partial charge in [-0.25, -0.2) is 9.50 Å². The maximum atomic E-state index is 12.9. The van der Waals surface area contributed by atoms with Gasteiger partial charge in [0.2, 0.25) is 0 Å². The second-order valence-corrected chi connectivity index (χ2v) is 10.9. The Morgan fingerprint density at radius 2 is 1.84 bits per heavy atom. The smallest absolute Gasteiger partial charge is 0.356 e. The largest absolute Gasteiger partial charge is 0.433 e. The number of hydrogen-bond acceptors (Lipinski definition) is 7. The minimum absolute atomic E-state index is 0.0554. The van der Waals surface area contributed by atoms with Crippen LogP contribution in [0.15, 0.2) is 67.5 Å². The van der Waals surface area contributed by atoms with Crippen molar-refractivity contribution >= 4 is 17.2 Å². The molecule has 0 aromatic carbocycles. The first-order chi connectivity index (χ1) is 20.7. The summed E-state index contributed by atoms with van der Waals surface area (Å²) in [4.78, 5) is 22.7. The lowest BCUT2D eigenvalue weighted by Gasteiger charge is -2.21. The minimum atomic E-state index is -4.60. The first kappa shape index (κ1) is 26.6. The van der Waals surface area contributed by atoms with E-state index in [0.29, 0.717) is 29.5 Å². The Hall–Kier alpha value is -5.25. The third kappa shape index (κ3) is 4.84. The van der Waals surface area contributed by atoms with Crippen LogP contribution in [0.1, 0.15) is 21.6 Å². The van der Waals surface area contributed by atoms with Crippen LogP contribution in [0.4, 0.5) is 19.0 Å². The lowest BCUT2D eigenvalue weighted by Crippen LogP contribution is -2.31. The highest BCUT2D eigenvalue weighted by molar-refractivity contribution is 5.94. The van der Waals surface area contributed by atoms with Gasteiger partial charge in [-0.05, 0) is 48.1 Å². The molecule has 1 amide bonds. The van der Waals surface area contributed by atoms with E-state index in [0.717, 1.165) is 53.4 Å². The van der Waals surface area contributed by atoms with E-state index >= 15 is 0 Å². The van der Waals surface area contributed by atoms with E-state index in [9.17, 15) is 23.2 Å². The number of amides is 1. The molecule has 2 fully saturated rings. The van der Waals surface area contributed by atoms with Crippen molar-refractivity contribution in [3.05, 3.63) is 84.3 Å². The fraction of sp³-hybridized carbons (Fsp3) is 0.267. The summed E-state index contributed by atoms with van der Waals surface area (Å²) in [6.07, 6.45) is 5.33. The van der Waals surface area contributed by atoms with Crippen molar-refractivity contribution in [2.75, 3.05) is 24.5 Å². The number of nitrogens with one attached hydrogen (secondary N) is 1. The van der Waals surface area contributed by atoms with Gasteiger partial charge in [-0.2, -0.15) is 28.6 Å². The molecule has 6 heterocycles. The predicted octanol–water partition coefficient (Wildman–Crippen LogP) is 4.19. The summed E-state index contributed by atoms with van der Waals surface area (Å²) in [5.41, 5.74) is 3.57. The molecule has 1 aliphatic carbocycles. The van der Waals surface area contributed by atoms with Gasteiger partial charge in [0.25, 0.3) is 5.91 Å². The molecule has 1 saturated heterocycles. The van der Waals surface area contributed by atoms with E-state index in [1.54, 1.807) is 27.8 Å². The number of nitrogens with zero attached hydrogens (tertiary/aromatic N) is 8. The van der Waals surface area contributed by atoms with Crippen molar-refractivity contribution in [2.24, 2.45) is 24.8 Å². The molecule has 5 aromatic rings. The zero-order chi connectivity index (χ0) is 29.9. The van der Waals surface area contributed by atoms with E-state index in [4.69, 9.17) is 4.98 Å². The van der Waals surface area contributed by atoms with Crippen molar-refractivity contribution in [3.8, 4) is 28.3 Å². The lowest BCUT2D eigenvalue weighted by molar-refractivity contribution is -0.141. The van der Waals surface area contributed by atoms with E-state index in [-0.39, 0.29) is 11.5 Å². The molecule has 1 N–H and O–H groups in total. The Bertz CT molecular complexity index is 1890. The Morgan fingerprint density at radius 1 is 1.02 bits per heavy atom. The Morgan fingerprint density at radius 3 is 2.51 bits per heavy atom. The monoisotopic (exact) mass is 583 g/mol. The fourth-order valence-corrected chi connectivity index (χ4v) is 6.06. The van der Waals surface area contributed by atoms with Crippen molar-refractivity contribution in [1.82, 2.24) is 34.7 Å². The summed E-state index contributed by atoms with van der Waals surface area (Å²) in [5.74, 6) is 1.34. The average Bonchev–Trinajstić information content (AvgIpc) is 3.44. The third-order valence-electron chi connectivity index (χ3n) is 8.34. The van der Waals surface area contributed by atoms with Gasteiger partial charge in [-0.3, -0.25) is 14.5 Å². The Labute approximate surface area is 243 Å².